The number of imidazole rings is 2. The lowest BCUT2D eigenvalue weighted by Crippen LogP contribution is -2.51. The van der Waals surface area contributed by atoms with Gasteiger partial charge < -0.3 is 39.9 Å². The zero-order chi connectivity index (χ0) is 34.8. The molecule has 4 N–H and O–H groups in total. The molecule has 14 nitrogen and oxygen atoms in total. The van der Waals surface area contributed by atoms with Gasteiger partial charge in [-0.25, -0.2) is 19.6 Å². The summed E-state index contributed by atoms with van der Waals surface area (Å²) in [5.74, 6) is 7.54. The summed E-state index contributed by atoms with van der Waals surface area (Å²) in [4.78, 5) is 69.9. The number of H-pyrrole nitrogens is 2. The van der Waals surface area contributed by atoms with E-state index in [0.29, 0.717) is 38.8 Å². The van der Waals surface area contributed by atoms with Crippen LogP contribution in [-0.4, -0.2) is 93.1 Å². The molecule has 0 bridgehead atoms. The topological polar surface area (TPSA) is 175 Å². The zero-order valence-corrected chi connectivity index (χ0v) is 28.9. The number of carbonyl (C=O) groups is 4. The fourth-order valence-electron chi connectivity index (χ4n) is 6.30. The number of ether oxygens (including phenoxy) is 2. The lowest BCUT2D eigenvalue weighted by atomic mass is 10.0. The number of aryl methyl sites for hydroxylation is 2. The van der Waals surface area contributed by atoms with Crippen molar-refractivity contribution in [3.05, 3.63) is 35.4 Å². The summed E-state index contributed by atoms with van der Waals surface area (Å²) in [7, 11) is 2.57. The molecule has 2 saturated heterocycles. The van der Waals surface area contributed by atoms with Gasteiger partial charge in [-0.2, -0.15) is 0 Å². The van der Waals surface area contributed by atoms with E-state index < -0.39 is 24.3 Å². The van der Waals surface area contributed by atoms with Crippen LogP contribution >= 0.6 is 0 Å². The van der Waals surface area contributed by atoms with Crippen LogP contribution in [0.3, 0.4) is 0 Å². The maximum absolute atomic E-state index is 13.4. The van der Waals surface area contributed by atoms with Crippen molar-refractivity contribution >= 4 is 24.0 Å². The van der Waals surface area contributed by atoms with E-state index >= 15 is 0 Å². The molecule has 262 valence electrons. The molecule has 4 amide bonds. The van der Waals surface area contributed by atoms with Crippen LogP contribution in [0.25, 0.3) is 0 Å². The van der Waals surface area contributed by atoms with Crippen molar-refractivity contribution in [2.24, 2.45) is 11.8 Å². The third-order valence-corrected chi connectivity index (χ3v) is 8.95. The number of hydrogen-bond donors (Lipinski definition) is 4. The van der Waals surface area contributed by atoms with Gasteiger partial charge in [0, 0.05) is 49.7 Å². The SMILES string of the molecule is COC(=O)NC(C(=O)N1CCCC1c1ncc(CCC#CCCc2cnc([C@H]3CCCN3C(=O)C(NC(=O)OC)C(C)C)[nH]2)[nH]1)C(C)C. The van der Waals surface area contributed by atoms with Gasteiger partial charge in [-0.3, -0.25) is 9.59 Å². The quantitative estimate of drug-likeness (QED) is 0.248. The first-order chi connectivity index (χ1) is 23.0. The molecule has 14 heteroatoms. The van der Waals surface area contributed by atoms with Crippen LogP contribution in [0.1, 0.15) is 101 Å². The summed E-state index contributed by atoms with van der Waals surface area (Å²) in [6.07, 6.45) is 8.46. The number of rotatable bonds is 12. The van der Waals surface area contributed by atoms with Gasteiger partial charge in [0.25, 0.3) is 0 Å². The number of alkyl carbamates (subject to hydrolysis) is 2. The maximum Gasteiger partial charge on any atom is 0.407 e. The molecule has 4 heterocycles. The monoisotopic (exact) mass is 666 g/mol. The number of nitrogens with one attached hydrogen (secondary N) is 4. The Kier molecular flexibility index (Phi) is 12.9. The number of carbonyl (C=O) groups excluding carboxylic acids is 4. The first kappa shape index (κ1) is 36.3. The molecule has 2 aliphatic rings. The molecule has 48 heavy (non-hydrogen) atoms. The number of hydrogen-bond acceptors (Lipinski definition) is 8. The van der Waals surface area contributed by atoms with Gasteiger partial charge >= 0.3 is 12.2 Å². The van der Waals surface area contributed by atoms with E-state index in [2.05, 4.69) is 42.4 Å². The average molecular weight is 667 g/mol. The van der Waals surface area contributed by atoms with Crippen LogP contribution in [0.15, 0.2) is 12.4 Å². The van der Waals surface area contributed by atoms with Crippen molar-refractivity contribution in [1.82, 2.24) is 40.4 Å². The normalized spacial score (nSPS) is 18.8. The summed E-state index contributed by atoms with van der Waals surface area (Å²) >= 11 is 0. The Morgan fingerprint density at radius 1 is 0.771 bits per heavy atom. The minimum atomic E-state index is -0.669. The Morgan fingerprint density at radius 3 is 1.52 bits per heavy atom. The highest BCUT2D eigenvalue weighted by Gasteiger charge is 2.38. The van der Waals surface area contributed by atoms with Crippen molar-refractivity contribution in [3.8, 4) is 11.8 Å². The van der Waals surface area contributed by atoms with E-state index in [1.165, 1.54) is 14.2 Å². The van der Waals surface area contributed by atoms with E-state index in [0.717, 1.165) is 48.7 Å². The van der Waals surface area contributed by atoms with Crippen LogP contribution in [0.5, 0.6) is 0 Å². The van der Waals surface area contributed by atoms with Crippen molar-refractivity contribution in [3.63, 3.8) is 0 Å². The second-order valence-electron chi connectivity index (χ2n) is 13.0. The zero-order valence-electron chi connectivity index (χ0n) is 28.9. The lowest BCUT2D eigenvalue weighted by Gasteiger charge is -2.30. The number of methoxy groups -OCH3 is 2. The van der Waals surface area contributed by atoms with E-state index in [1.54, 1.807) is 9.80 Å². The van der Waals surface area contributed by atoms with E-state index in [4.69, 9.17) is 9.47 Å². The second-order valence-corrected chi connectivity index (χ2v) is 13.0. The van der Waals surface area contributed by atoms with Gasteiger partial charge in [0.05, 0.1) is 26.3 Å². The molecule has 2 aliphatic heterocycles. The van der Waals surface area contributed by atoms with E-state index in [1.807, 2.05) is 40.1 Å². The highest BCUT2D eigenvalue weighted by Crippen LogP contribution is 2.33. The fraction of sp³-hybridized carbons (Fsp3) is 0.647. The number of aromatic amines is 2. The third-order valence-electron chi connectivity index (χ3n) is 8.95. The van der Waals surface area contributed by atoms with Crippen LogP contribution in [0, 0.1) is 23.7 Å². The molecular weight excluding hydrogens is 616 g/mol. The van der Waals surface area contributed by atoms with Crippen LogP contribution < -0.4 is 10.6 Å². The van der Waals surface area contributed by atoms with Gasteiger partial charge in [0.1, 0.15) is 23.7 Å². The minimum absolute atomic E-state index is 0.0897. The largest absolute Gasteiger partial charge is 0.453 e. The first-order valence-corrected chi connectivity index (χ1v) is 16.9. The standard InChI is InChI=1S/C34H50N8O6/c1-21(2)27(39-33(45)47-5)31(43)41-17-11-15-25(41)29-35-19-23(37-29)13-9-7-8-10-14-24-20-36-30(38-24)26-16-12-18-42(26)32(44)28(22(3)4)40-34(46)48-6/h19-22,25-28H,9-18H2,1-6H3,(H,35,37)(H,36,38)(H,39,45)(H,40,46)/t25-,26?,27?,28?/m1/s1. The summed E-state index contributed by atoms with van der Waals surface area (Å²) < 4.78 is 9.44. The van der Waals surface area contributed by atoms with Crippen LogP contribution in [0.4, 0.5) is 9.59 Å². The molecular formula is C34H50N8O6. The average Bonchev–Trinajstić information content (AvgIpc) is 3.89. The van der Waals surface area contributed by atoms with Crippen molar-refractivity contribution in [2.75, 3.05) is 27.3 Å². The summed E-state index contributed by atoms with van der Waals surface area (Å²) in [5.41, 5.74) is 1.92. The van der Waals surface area contributed by atoms with Crippen molar-refractivity contribution in [2.45, 2.75) is 103 Å². The van der Waals surface area contributed by atoms with E-state index in [-0.39, 0.29) is 35.7 Å². The molecule has 0 radical (unpaired) electrons. The molecule has 3 unspecified atom stereocenters. The Labute approximate surface area is 282 Å². The number of likely N-dealkylation sites (tertiary alicyclic amines) is 2. The summed E-state index contributed by atoms with van der Waals surface area (Å²) in [6, 6.07) is -1.67. The van der Waals surface area contributed by atoms with Gasteiger partial charge in [-0.1, -0.05) is 27.7 Å². The number of aromatic nitrogens is 4. The molecule has 2 fully saturated rings. The van der Waals surface area contributed by atoms with Gasteiger partial charge in [0.15, 0.2) is 0 Å². The predicted octanol–water partition coefficient (Wildman–Crippen LogP) is 3.79. The lowest BCUT2D eigenvalue weighted by molar-refractivity contribution is -0.136. The summed E-state index contributed by atoms with van der Waals surface area (Å²) in [6.45, 7) is 8.80. The molecule has 2 aromatic heterocycles. The Balaban J connectivity index is 1.26. The van der Waals surface area contributed by atoms with Crippen LogP contribution in [0.2, 0.25) is 0 Å². The second kappa shape index (κ2) is 17.0. The number of nitrogens with zero attached hydrogens (tertiary/aromatic N) is 4. The number of amides is 4. The molecule has 4 rings (SSSR count). The molecule has 0 spiro atoms. The first-order valence-electron chi connectivity index (χ1n) is 16.9. The maximum atomic E-state index is 13.4. The highest BCUT2D eigenvalue weighted by molar-refractivity contribution is 5.87. The fourth-order valence-corrected chi connectivity index (χ4v) is 6.30. The Bertz CT molecular complexity index is 1370. The molecule has 2 aromatic rings. The minimum Gasteiger partial charge on any atom is -0.453 e. The molecule has 0 aromatic carbocycles. The van der Waals surface area contributed by atoms with Crippen LogP contribution in [-0.2, 0) is 31.9 Å². The van der Waals surface area contributed by atoms with Gasteiger partial charge in [-0.15, -0.1) is 11.8 Å². The molecule has 0 saturated carbocycles. The molecule has 0 aliphatic carbocycles. The van der Waals surface area contributed by atoms with Gasteiger partial charge in [0.2, 0.25) is 11.8 Å². The third kappa shape index (κ3) is 9.08. The smallest absolute Gasteiger partial charge is 0.407 e. The predicted molar refractivity (Wildman–Crippen MR) is 177 cm³/mol. The van der Waals surface area contributed by atoms with Gasteiger partial charge in [-0.05, 0) is 50.4 Å². The van der Waals surface area contributed by atoms with Crippen molar-refractivity contribution < 1.29 is 28.7 Å². The Hall–Kier alpha value is -4.54. The summed E-state index contributed by atoms with van der Waals surface area (Å²) in [5, 5.41) is 5.35. The van der Waals surface area contributed by atoms with Crippen molar-refractivity contribution in [1.29, 1.82) is 0 Å². The van der Waals surface area contributed by atoms with E-state index in [9.17, 15) is 19.2 Å². The Morgan fingerprint density at radius 2 is 1.17 bits per heavy atom. The molecule has 4 atom stereocenters. The highest BCUT2D eigenvalue weighted by atomic mass is 16.5.